The molecule has 9 nitrogen and oxygen atoms in total. The Morgan fingerprint density at radius 3 is 1.21 bits per heavy atom. The SMILES string of the molecule is CC/C=C\C/C=C\C/C=C\C/C=C\C/C=C\C/C=C\CCCCCCCCC(=O)NC(COP(=O)([O-])OCC[N+](C)(C)C)C(/C=C\CCCCCCCCCCCC)OC(=O)CCCCC/C=C\C/C=C\C/C=C\C/C=C\CCCCC. The predicted octanol–water partition coefficient (Wildman–Crippen LogP) is 20.2. The van der Waals surface area contributed by atoms with E-state index in [0.717, 1.165) is 135 Å². The lowest BCUT2D eigenvalue weighted by Crippen LogP contribution is -2.47. The van der Waals surface area contributed by atoms with Crippen LogP contribution in [0.4, 0.5) is 0 Å². The van der Waals surface area contributed by atoms with Crippen LogP contribution in [0, 0.1) is 0 Å². The molecule has 1 amide bonds. The Labute approximate surface area is 505 Å². The molecule has 1 N–H and O–H groups in total. The number of carbonyl (C=O) groups is 2. The van der Waals surface area contributed by atoms with Gasteiger partial charge in [-0.15, -0.1) is 0 Å². The van der Waals surface area contributed by atoms with Gasteiger partial charge < -0.3 is 28.5 Å². The highest BCUT2D eigenvalue weighted by molar-refractivity contribution is 7.45. The van der Waals surface area contributed by atoms with Crippen LogP contribution in [-0.4, -0.2) is 69.4 Å². The third-order valence-electron chi connectivity index (χ3n) is 13.8. The second-order valence-electron chi connectivity index (χ2n) is 22.9. The highest BCUT2D eigenvalue weighted by atomic mass is 31.2. The summed E-state index contributed by atoms with van der Waals surface area (Å²) in [5, 5.41) is 3.02. The molecule has 10 heteroatoms. The van der Waals surface area contributed by atoms with Crippen molar-refractivity contribution in [2.24, 2.45) is 0 Å². The summed E-state index contributed by atoms with van der Waals surface area (Å²) in [6, 6.07) is -0.920. The molecule has 0 heterocycles. The van der Waals surface area contributed by atoms with Crippen molar-refractivity contribution in [3.8, 4) is 0 Å². The minimum absolute atomic E-state index is 0.0383. The first-order chi connectivity index (χ1) is 39.9. The number of ether oxygens (including phenoxy) is 1. The van der Waals surface area contributed by atoms with Crippen LogP contribution in [0.1, 0.15) is 258 Å². The Bertz CT molecular complexity index is 1860. The normalized spacial score (nSPS) is 14.5. The summed E-state index contributed by atoms with van der Waals surface area (Å²) in [6.07, 6.45) is 85.6. The molecule has 0 saturated heterocycles. The Kier molecular flexibility index (Phi) is 57.4. The van der Waals surface area contributed by atoms with Crippen molar-refractivity contribution in [1.29, 1.82) is 0 Å². The van der Waals surface area contributed by atoms with Gasteiger partial charge in [-0.3, -0.25) is 14.2 Å². The molecule has 0 aromatic heterocycles. The number of carbonyl (C=O) groups excluding carboxylic acids is 2. The summed E-state index contributed by atoms with van der Waals surface area (Å²) < 4.78 is 30.3. The van der Waals surface area contributed by atoms with Crippen LogP contribution in [0.5, 0.6) is 0 Å². The minimum Gasteiger partial charge on any atom is -0.756 e. The van der Waals surface area contributed by atoms with Crippen LogP contribution in [0.3, 0.4) is 0 Å². The first kappa shape index (κ1) is 78.1. The lowest BCUT2D eigenvalue weighted by atomic mass is 10.0. The van der Waals surface area contributed by atoms with Crippen LogP contribution in [-0.2, 0) is 27.9 Å². The number of hydrogen-bond acceptors (Lipinski definition) is 7. The number of unbranched alkanes of at least 4 members (excludes halogenated alkanes) is 22. The largest absolute Gasteiger partial charge is 0.756 e. The van der Waals surface area contributed by atoms with Crippen molar-refractivity contribution in [2.45, 2.75) is 270 Å². The summed E-state index contributed by atoms with van der Waals surface area (Å²) in [4.78, 5) is 40.1. The summed E-state index contributed by atoms with van der Waals surface area (Å²) in [5.74, 6) is -0.602. The quantitative estimate of drug-likeness (QED) is 0.0212. The molecule has 0 bridgehead atoms. The fourth-order valence-corrected chi connectivity index (χ4v) is 9.47. The topological polar surface area (TPSA) is 114 Å². The van der Waals surface area contributed by atoms with Gasteiger partial charge in [-0.1, -0.05) is 251 Å². The maximum absolute atomic E-state index is 13.6. The number of phosphoric ester groups is 1. The third kappa shape index (κ3) is 60.7. The molecular weight excluding hydrogens is 1040 g/mol. The van der Waals surface area contributed by atoms with Crippen molar-refractivity contribution in [3.05, 3.63) is 134 Å². The lowest BCUT2D eigenvalue weighted by molar-refractivity contribution is -0.870. The first-order valence-corrected chi connectivity index (χ1v) is 34.5. The van der Waals surface area contributed by atoms with Gasteiger partial charge in [0.1, 0.15) is 19.3 Å². The van der Waals surface area contributed by atoms with Gasteiger partial charge in [0, 0.05) is 12.8 Å². The number of amides is 1. The third-order valence-corrected chi connectivity index (χ3v) is 14.8. The second-order valence-corrected chi connectivity index (χ2v) is 24.3. The molecule has 0 rings (SSSR count). The predicted molar refractivity (Wildman–Crippen MR) is 353 cm³/mol. The number of nitrogens with one attached hydrogen (secondary N) is 1. The molecule has 0 aromatic carbocycles. The number of quaternary nitrogens is 1. The Balaban J connectivity index is 5.27. The number of likely N-dealkylation sites (N-methyl/N-ethyl adjacent to an activating group) is 1. The minimum atomic E-state index is -4.72. The van der Waals surface area contributed by atoms with Crippen LogP contribution in [0.2, 0.25) is 0 Å². The van der Waals surface area contributed by atoms with Crippen LogP contribution < -0.4 is 10.2 Å². The van der Waals surface area contributed by atoms with E-state index in [1.165, 1.54) is 77.0 Å². The van der Waals surface area contributed by atoms with E-state index in [1.807, 2.05) is 33.3 Å². The van der Waals surface area contributed by atoms with Crippen molar-refractivity contribution in [1.82, 2.24) is 5.32 Å². The highest BCUT2D eigenvalue weighted by Crippen LogP contribution is 2.38. The number of allylic oxidation sites excluding steroid dienone is 21. The van der Waals surface area contributed by atoms with E-state index in [9.17, 15) is 19.0 Å². The van der Waals surface area contributed by atoms with E-state index in [4.69, 9.17) is 13.8 Å². The van der Waals surface area contributed by atoms with Gasteiger partial charge >= 0.3 is 5.97 Å². The van der Waals surface area contributed by atoms with Crippen molar-refractivity contribution < 1.29 is 37.3 Å². The lowest BCUT2D eigenvalue weighted by Gasteiger charge is -2.30. The fraction of sp³-hybridized carbons (Fsp3) is 0.667. The number of rotatable bonds is 58. The van der Waals surface area contributed by atoms with Gasteiger partial charge in [-0.25, -0.2) is 0 Å². The zero-order valence-corrected chi connectivity index (χ0v) is 54.3. The van der Waals surface area contributed by atoms with Gasteiger partial charge in [-0.05, 0) is 128 Å². The molecule has 3 atom stereocenters. The molecule has 3 unspecified atom stereocenters. The van der Waals surface area contributed by atoms with E-state index in [0.29, 0.717) is 23.9 Å². The maximum atomic E-state index is 13.6. The average Bonchev–Trinajstić information content (AvgIpc) is 3.44. The molecule has 0 saturated carbocycles. The molecule has 468 valence electrons. The van der Waals surface area contributed by atoms with E-state index >= 15 is 0 Å². The monoisotopic (exact) mass is 1160 g/mol. The summed E-state index contributed by atoms with van der Waals surface area (Å²) in [7, 11) is 1.14. The van der Waals surface area contributed by atoms with Gasteiger partial charge in [0.2, 0.25) is 5.91 Å². The Morgan fingerprint density at radius 2 is 0.780 bits per heavy atom. The Morgan fingerprint density at radius 1 is 0.439 bits per heavy atom. The second kappa shape index (κ2) is 60.3. The van der Waals surface area contributed by atoms with E-state index in [1.54, 1.807) is 0 Å². The first-order valence-electron chi connectivity index (χ1n) is 33.0. The molecule has 0 radical (unpaired) electrons. The summed E-state index contributed by atoms with van der Waals surface area (Å²) >= 11 is 0. The van der Waals surface area contributed by atoms with Crippen LogP contribution in [0.15, 0.2) is 134 Å². The average molecular weight is 1160 g/mol. The number of phosphoric acid groups is 1. The van der Waals surface area contributed by atoms with Gasteiger partial charge in [0.05, 0.1) is 33.8 Å². The molecule has 0 fully saturated rings. The molecular formula is C72H123N2O7P. The van der Waals surface area contributed by atoms with E-state index in [-0.39, 0.29) is 31.3 Å². The molecule has 0 aliphatic rings. The number of hydrogen-bond donors (Lipinski definition) is 1. The number of esters is 1. The molecule has 0 spiro atoms. The van der Waals surface area contributed by atoms with Crippen molar-refractivity contribution >= 4 is 19.7 Å². The van der Waals surface area contributed by atoms with E-state index < -0.39 is 26.6 Å². The highest BCUT2D eigenvalue weighted by Gasteiger charge is 2.27. The molecule has 0 aromatic rings. The fourth-order valence-electron chi connectivity index (χ4n) is 8.74. The van der Waals surface area contributed by atoms with E-state index in [2.05, 4.69) is 148 Å². The van der Waals surface area contributed by atoms with Gasteiger partial charge in [0.15, 0.2) is 0 Å². The zero-order chi connectivity index (χ0) is 60.0. The van der Waals surface area contributed by atoms with Gasteiger partial charge in [-0.2, -0.15) is 0 Å². The van der Waals surface area contributed by atoms with Crippen LogP contribution in [0.25, 0.3) is 0 Å². The number of nitrogens with zero attached hydrogens (tertiary/aromatic N) is 1. The standard InChI is InChI=1S/C72H123N2O7P/c1-7-10-13-16-19-22-25-28-30-32-34-35-36-37-38-39-41-42-44-46-49-52-55-58-61-64-71(75)73-69(68-80-82(77,78)79-67-66-74(4,5)6)70(63-60-57-54-51-48-27-24-21-18-15-12-9-3)81-72(76)65-62-59-56-53-50-47-45-43-40-33-31-29-26-23-20-17-14-11-8-2/h10,13,19-20,22-23,28-31,34-35,37-38,40-43,47,50,60,63,69-70H,7-9,11-12,14-18,21,24-27,32-33,36,39,44-46,48-49,51-59,61-62,64-68H2,1-6H3,(H-,73,75,77,78)/b13-10-,22-19-,23-20-,30-28-,31-29-,35-34-,38-37-,42-41-,43-40-,50-47-,63-60-. The summed E-state index contributed by atoms with van der Waals surface area (Å²) in [6.45, 7) is 6.65. The smallest absolute Gasteiger partial charge is 0.306 e. The molecule has 82 heavy (non-hydrogen) atoms. The summed E-state index contributed by atoms with van der Waals surface area (Å²) in [5.41, 5.74) is 0. The Hall–Kier alpha value is -3.85. The van der Waals surface area contributed by atoms with Crippen molar-refractivity contribution in [2.75, 3.05) is 40.9 Å². The molecule has 0 aliphatic heterocycles. The van der Waals surface area contributed by atoms with Crippen molar-refractivity contribution in [3.63, 3.8) is 0 Å². The maximum Gasteiger partial charge on any atom is 0.306 e. The van der Waals surface area contributed by atoms with Gasteiger partial charge in [0.25, 0.3) is 7.82 Å². The van der Waals surface area contributed by atoms with Crippen LogP contribution >= 0.6 is 7.82 Å². The molecule has 0 aliphatic carbocycles. The zero-order valence-electron chi connectivity index (χ0n) is 53.4.